The number of fused-ring (bicyclic) bond motifs is 1. The molecule has 1 aliphatic rings. The molecular formula is C19H13FN2O4. The maximum atomic E-state index is 13.1. The van der Waals surface area contributed by atoms with Crippen LogP contribution in [0.3, 0.4) is 0 Å². The van der Waals surface area contributed by atoms with Crippen LogP contribution in [0.4, 0.5) is 10.1 Å². The first-order valence-corrected chi connectivity index (χ1v) is 7.79. The van der Waals surface area contributed by atoms with E-state index in [0.29, 0.717) is 23.0 Å². The molecule has 0 bridgehead atoms. The number of amides is 1. The van der Waals surface area contributed by atoms with Crippen molar-refractivity contribution in [3.8, 4) is 34.4 Å². The molecule has 4 rings (SSSR count). The number of nitrogens with one attached hydrogen (secondary N) is 1. The predicted octanol–water partition coefficient (Wildman–Crippen LogP) is 3.72. The molecule has 2 N–H and O–H groups in total. The lowest BCUT2D eigenvalue weighted by Crippen LogP contribution is -2.25. The molecule has 26 heavy (non-hydrogen) atoms. The largest absolute Gasteiger partial charge is 0.505 e. The Morgan fingerprint density at radius 1 is 1.15 bits per heavy atom. The van der Waals surface area contributed by atoms with Gasteiger partial charge >= 0.3 is 0 Å². The molecule has 2 heterocycles. The number of aromatic hydroxyl groups is 1. The molecule has 1 amide bonds. The number of anilines is 1. The number of hydrogen-bond donors (Lipinski definition) is 2. The van der Waals surface area contributed by atoms with Crippen molar-refractivity contribution in [2.45, 2.75) is 0 Å². The number of ether oxygens (including phenoxy) is 2. The highest BCUT2D eigenvalue weighted by Crippen LogP contribution is 2.33. The molecule has 0 atom stereocenters. The topological polar surface area (TPSA) is 80.7 Å². The van der Waals surface area contributed by atoms with E-state index < -0.39 is 11.6 Å². The Bertz CT molecular complexity index is 1010. The summed E-state index contributed by atoms with van der Waals surface area (Å²) in [5.41, 5.74) is 2.03. The summed E-state index contributed by atoms with van der Waals surface area (Å²) in [6.45, 7) is -0.0267. The molecule has 2 aromatic carbocycles. The van der Waals surface area contributed by atoms with Gasteiger partial charge in [-0.1, -0.05) is 12.1 Å². The molecule has 0 spiro atoms. The molecule has 130 valence electrons. The molecule has 0 saturated carbocycles. The maximum absolute atomic E-state index is 13.1. The zero-order valence-electron chi connectivity index (χ0n) is 13.4. The lowest BCUT2D eigenvalue weighted by Gasteiger charge is -2.18. The summed E-state index contributed by atoms with van der Waals surface area (Å²) in [6.07, 6.45) is 0. The standard InChI is InChI=1S/C19H13FN2O4/c20-13-6-5-12(9-16(13)23)26-19-3-1-2-14(22-19)11-4-7-15-17(8-11)25-10-18(24)21-15/h1-9,23H,10H2,(H,21,24). The van der Waals surface area contributed by atoms with Crippen molar-refractivity contribution in [3.05, 3.63) is 60.4 Å². The smallest absolute Gasteiger partial charge is 0.262 e. The number of hydrogen-bond acceptors (Lipinski definition) is 5. The van der Waals surface area contributed by atoms with Crippen molar-refractivity contribution in [1.82, 2.24) is 4.98 Å². The molecule has 7 heteroatoms. The van der Waals surface area contributed by atoms with Crippen LogP contribution in [-0.4, -0.2) is 22.6 Å². The van der Waals surface area contributed by atoms with Gasteiger partial charge in [-0.2, -0.15) is 0 Å². The third-order valence-corrected chi connectivity index (χ3v) is 3.77. The maximum Gasteiger partial charge on any atom is 0.262 e. The third-order valence-electron chi connectivity index (χ3n) is 3.77. The number of phenolic OH excluding ortho intramolecular Hbond substituents is 1. The number of carbonyl (C=O) groups excluding carboxylic acids is 1. The Balaban J connectivity index is 1.61. The molecule has 6 nitrogen and oxygen atoms in total. The monoisotopic (exact) mass is 352 g/mol. The lowest BCUT2D eigenvalue weighted by molar-refractivity contribution is -0.118. The van der Waals surface area contributed by atoms with Crippen LogP contribution >= 0.6 is 0 Å². The van der Waals surface area contributed by atoms with Gasteiger partial charge in [0.25, 0.3) is 5.91 Å². The van der Waals surface area contributed by atoms with E-state index in [0.717, 1.165) is 11.6 Å². The molecule has 0 saturated heterocycles. The molecule has 3 aromatic rings. The van der Waals surface area contributed by atoms with Crippen molar-refractivity contribution < 1.29 is 23.8 Å². The highest BCUT2D eigenvalue weighted by molar-refractivity contribution is 5.95. The quantitative estimate of drug-likeness (QED) is 0.751. The molecule has 0 aliphatic carbocycles. The van der Waals surface area contributed by atoms with Crippen molar-refractivity contribution in [2.75, 3.05) is 11.9 Å². The first-order valence-electron chi connectivity index (χ1n) is 7.79. The van der Waals surface area contributed by atoms with Crippen LogP contribution in [0, 0.1) is 5.82 Å². The van der Waals surface area contributed by atoms with Gasteiger partial charge in [-0.3, -0.25) is 4.79 Å². The zero-order chi connectivity index (χ0) is 18.1. The van der Waals surface area contributed by atoms with Gasteiger partial charge in [0.15, 0.2) is 18.2 Å². The minimum atomic E-state index is -0.722. The highest BCUT2D eigenvalue weighted by Gasteiger charge is 2.16. The van der Waals surface area contributed by atoms with Gasteiger partial charge in [0.1, 0.15) is 11.5 Å². The van der Waals surface area contributed by atoms with Gasteiger partial charge in [0.2, 0.25) is 5.88 Å². The summed E-state index contributed by atoms with van der Waals surface area (Å²) in [6, 6.07) is 14.3. The number of phenols is 1. The van der Waals surface area contributed by atoms with Crippen LogP contribution in [-0.2, 0) is 4.79 Å². The molecule has 0 radical (unpaired) electrons. The summed E-state index contributed by atoms with van der Waals surface area (Å²) in [7, 11) is 0. The van der Waals surface area contributed by atoms with Gasteiger partial charge in [0.05, 0.1) is 11.4 Å². The Kier molecular flexibility index (Phi) is 3.89. The van der Waals surface area contributed by atoms with Crippen molar-refractivity contribution >= 4 is 11.6 Å². The predicted molar refractivity (Wildman–Crippen MR) is 91.9 cm³/mol. The second kappa shape index (κ2) is 6.36. The van der Waals surface area contributed by atoms with E-state index in [2.05, 4.69) is 10.3 Å². The normalized spacial score (nSPS) is 12.7. The van der Waals surface area contributed by atoms with Crippen LogP contribution in [0.15, 0.2) is 54.6 Å². The molecule has 0 fully saturated rings. The van der Waals surface area contributed by atoms with Gasteiger partial charge < -0.3 is 19.9 Å². The van der Waals surface area contributed by atoms with E-state index in [1.165, 1.54) is 12.1 Å². The highest BCUT2D eigenvalue weighted by atomic mass is 19.1. The first-order chi connectivity index (χ1) is 12.6. The van der Waals surface area contributed by atoms with Crippen LogP contribution in [0.5, 0.6) is 23.1 Å². The van der Waals surface area contributed by atoms with Crippen LogP contribution in [0.1, 0.15) is 0 Å². The molecule has 1 aliphatic heterocycles. The van der Waals surface area contributed by atoms with E-state index in [1.54, 1.807) is 30.3 Å². The summed E-state index contributed by atoms with van der Waals surface area (Å²) in [5.74, 6) is -0.279. The lowest BCUT2D eigenvalue weighted by atomic mass is 10.1. The Labute approximate surface area is 147 Å². The fourth-order valence-corrected chi connectivity index (χ4v) is 2.54. The van der Waals surface area contributed by atoms with Crippen molar-refractivity contribution in [1.29, 1.82) is 0 Å². The number of halogens is 1. The first kappa shape index (κ1) is 15.9. The van der Waals surface area contributed by atoms with E-state index in [4.69, 9.17) is 9.47 Å². The van der Waals surface area contributed by atoms with Gasteiger partial charge in [0, 0.05) is 17.7 Å². The second-order valence-electron chi connectivity index (χ2n) is 5.62. The van der Waals surface area contributed by atoms with Gasteiger partial charge in [-0.05, 0) is 30.3 Å². The van der Waals surface area contributed by atoms with Crippen molar-refractivity contribution in [3.63, 3.8) is 0 Å². The summed E-state index contributed by atoms with van der Waals surface area (Å²) in [4.78, 5) is 15.8. The van der Waals surface area contributed by atoms with E-state index in [1.807, 2.05) is 6.07 Å². The molecular weight excluding hydrogens is 339 g/mol. The SMILES string of the molecule is O=C1COc2cc(-c3cccc(Oc4ccc(F)c(O)c4)n3)ccc2N1. The zero-order valence-corrected chi connectivity index (χ0v) is 13.4. The number of carbonyl (C=O) groups is 1. The summed E-state index contributed by atoms with van der Waals surface area (Å²) < 4.78 is 24.1. The Morgan fingerprint density at radius 3 is 2.88 bits per heavy atom. The summed E-state index contributed by atoms with van der Waals surface area (Å²) >= 11 is 0. The fraction of sp³-hybridized carbons (Fsp3) is 0.0526. The average molecular weight is 352 g/mol. The summed E-state index contributed by atoms with van der Waals surface area (Å²) in [5, 5.41) is 12.2. The number of nitrogens with zero attached hydrogens (tertiary/aromatic N) is 1. The van der Waals surface area contributed by atoms with Gasteiger partial charge in [-0.15, -0.1) is 0 Å². The number of aromatic nitrogens is 1. The third kappa shape index (κ3) is 3.14. The second-order valence-corrected chi connectivity index (χ2v) is 5.62. The average Bonchev–Trinajstić information content (AvgIpc) is 2.64. The minimum Gasteiger partial charge on any atom is -0.505 e. The van der Waals surface area contributed by atoms with E-state index in [-0.39, 0.29) is 18.3 Å². The molecule has 1 aromatic heterocycles. The van der Waals surface area contributed by atoms with Crippen LogP contribution < -0.4 is 14.8 Å². The number of benzene rings is 2. The van der Waals surface area contributed by atoms with E-state index >= 15 is 0 Å². The Morgan fingerprint density at radius 2 is 2.04 bits per heavy atom. The van der Waals surface area contributed by atoms with Gasteiger partial charge in [-0.25, -0.2) is 9.37 Å². The minimum absolute atomic E-state index is 0.0267. The van der Waals surface area contributed by atoms with E-state index in [9.17, 15) is 14.3 Å². The molecule has 0 unspecified atom stereocenters. The van der Waals surface area contributed by atoms with Crippen LogP contribution in [0.25, 0.3) is 11.3 Å². The Hall–Kier alpha value is -3.61. The van der Waals surface area contributed by atoms with Crippen molar-refractivity contribution in [2.24, 2.45) is 0 Å². The number of pyridine rings is 1. The fourth-order valence-electron chi connectivity index (χ4n) is 2.54. The van der Waals surface area contributed by atoms with Crippen LogP contribution in [0.2, 0.25) is 0 Å². The number of rotatable bonds is 3.